The number of benzene rings is 1. The average molecular weight is 286 g/mol. The molecule has 3 aromatic rings. The van der Waals surface area contributed by atoms with Crippen LogP contribution in [0.1, 0.15) is 17.3 Å². The topological polar surface area (TPSA) is 59.8 Å². The summed E-state index contributed by atoms with van der Waals surface area (Å²) in [4.78, 5) is 16.5. The van der Waals surface area contributed by atoms with Gasteiger partial charge < -0.3 is 5.32 Å². The van der Waals surface area contributed by atoms with Crippen LogP contribution in [0.5, 0.6) is 0 Å². The second kappa shape index (κ2) is 5.05. The van der Waals surface area contributed by atoms with Crippen LogP contribution < -0.4 is 5.32 Å². The molecule has 0 unspecified atom stereocenters. The Bertz CT molecular complexity index is 774. The van der Waals surface area contributed by atoms with Crippen molar-refractivity contribution in [3.8, 4) is 11.3 Å². The number of nitrogens with one attached hydrogen (secondary N) is 1. The van der Waals surface area contributed by atoms with E-state index in [9.17, 15) is 4.79 Å². The van der Waals surface area contributed by atoms with Gasteiger partial charge in [0.1, 0.15) is 5.69 Å². The summed E-state index contributed by atoms with van der Waals surface area (Å²) in [5.74, 6) is -0.0999. The third-order valence-electron chi connectivity index (χ3n) is 3.02. The maximum Gasteiger partial charge on any atom is 0.255 e. The summed E-state index contributed by atoms with van der Waals surface area (Å²) >= 11 is 1.56. The number of rotatable bonds is 3. The number of aromatic nitrogens is 3. The van der Waals surface area contributed by atoms with E-state index in [0.29, 0.717) is 17.8 Å². The Hall–Kier alpha value is -2.21. The smallest absolute Gasteiger partial charge is 0.255 e. The number of aryl methyl sites for hydroxylation is 1. The number of hydrogen-bond donors (Lipinski definition) is 1. The number of carbonyl (C=O) groups is 1. The van der Waals surface area contributed by atoms with Crippen molar-refractivity contribution in [3.63, 3.8) is 0 Å². The number of amides is 1. The molecule has 3 rings (SSSR count). The molecule has 5 nitrogen and oxygen atoms in total. The first-order valence-electron chi connectivity index (χ1n) is 6.35. The van der Waals surface area contributed by atoms with E-state index >= 15 is 0 Å². The lowest BCUT2D eigenvalue weighted by molar-refractivity contribution is 0.0956. The van der Waals surface area contributed by atoms with E-state index < -0.39 is 0 Å². The maximum atomic E-state index is 12.1. The lowest BCUT2D eigenvalue weighted by Gasteiger charge is -2.03. The summed E-state index contributed by atoms with van der Waals surface area (Å²) in [5, 5.41) is 7.27. The molecule has 2 heterocycles. The molecule has 1 aromatic carbocycles. The van der Waals surface area contributed by atoms with Crippen molar-refractivity contribution in [2.75, 3.05) is 6.54 Å². The van der Waals surface area contributed by atoms with Crippen LogP contribution in [0, 0.1) is 0 Å². The van der Waals surface area contributed by atoms with Crippen molar-refractivity contribution < 1.29 is 4.79 Å². The summed E-state index contributed by atoms with van der Waals surface area (Å²) in [6.07, 6.45) is 1.75. The molecule has 6 heteroatoms. The number of nitrogens with zero attached hydrogens (tertiary/aromatic N) is 3. The van der Waals surface area contributed by atoms with E-state index in [1.165, 1.54) is 0 Å². The van der Waals surface area contributed by atoms with Crippen molar-refractivity contribution >= 4 is 27.5 Å². The Morgan fingerprint density at radius 1 is 1.45 bits per heavy atom. The fourth-order valence-corrected chi connectivity index (χ4v) is 2.99. The standard InChI is InChI=1S/C14H14N4OS/c1-3-15-14(19)10-7-18(2)17-12(10)9-5-4-6-11-13(9)20-8-16-11/h4-8H,3H2,1-2H3,(H,15,19). The lowest BCUT2D eigenvalue weighted by Crippen LogP contribution is -2.22. The Labute approximate surface area is 120 Å². The van der Waals surface area contributed by atoms with Crippen LogP contribution in [0.4, 0.5) is 0 Å². The van der Waals surface area contributed by atoms with E-state index in [-0.39, 0.29) is 5.91 Å². The molecule has 0 bridgehead atoms. The molecule has 0 saturated carbocycles. The molecule has 0 spiro atoms. The fraction of sp³-hybridized carbons (Fsp3) is 0.214. The number of carbonyl (C=O) groups excluding carboxylic acids is 1. The molecule has 0 aliphatic carbocycles. The van der Waals surface area contributed by atoms with E-state index in [2.05, 4.69) is 15.4 Å². The molecule has 0 aliphatic rings. The maximum absolute atomic E-state index is 12.1. The van der Waals surface area contributed by atoms with Gasteiger partial charge in [-0.25, -0.2) is 4.98 Å². The minimum Gasteiger partial charge on any atom is -0.352 e. The third-order valence-corrected chi connectivity index (χ3v) is 3.90. The van der Waals surface area contributed by atoms with Crippen LogP contribution in [0.2, 0.25) is 0 Å². The minimum atomic E-state index is -0.0999. The van der Waals surface area contributed by atoms with Crippen LogP contribution in [0.3, 0.4) is 0 Å². The fourth-order valence-electron chi connectivity index (χ4n) is 2.18. The molecular weight excluding hydrogens is 272 g/mol. The Morgan fingerprint density at radius 3 is 3.10 bits per heavy atom. The second-order valence-corrected chi connectivity index (χ2v) is 5.29. The van der Waals surface area contributed by atoms with Gasteiger partial charge in [0.25, 0.3) is 5.91 Å². The normalized spacial score (nSPS) is 10.9. The summed E-state index contributed by atoms with van der Waals surface area (Å²) < 4.78 is 2.72. The molecule has 102 valence electrons. The molecule has 2 aromatic heterocycles. The van der Waals surface area contributed by atoms with E-state index in [1.807, 2.05) is 37.7 Å². The molecule has 20 heavy (non-hydrogen) atoms. The number of fused-ring (bicyclic) bond motifs is 1. The first-order valence-corrected chi connectivity index (χ1v) is 7.23. The van der Waals surface area contributed by atoms with Crippen LogP contribution in [0.25, 0.3) is 21.5 Å². The molecule has 0 radical (unpaired) electrons. The van der Waals surface area contributed by atoms with Crippen molar-refractivity contribution in [2.24, 2.45) is 7.05 Å². The Balaban J connectivity index is 2.19. The monoisotopic (exact) mass is 286 g/mol. The molecule has 1 N–H and O–H groups in total. The zero-order valence-electron chi connectivity index (χ0n) is 11.3. The van der Waals surface area contributed by atoms with Crippen LogP contribution >= 0.6 is 11.3 Å². The highest BCUT2D eigenvalue weighted by Gasteiger charge is 2.18. The Morgan fingerprint density at radius 2 is 2.30 bits per heavy atom. The van der Waals surface area contributed by atoms with Gasteiger partial charge in [-0.05, 0) is 13.0 Å². The molecule has 0 saturated heterocycles. The molecule has 1 amide bonds. The Kier molecular flexibility index (Phi) is 3.23. The summed E-state index contributed by atoms with van der Waals surface area (Å²) in [6, 6.07) is 5.88. The van der Waals surface area contributed by atoms with Crippen LogP contribution in [-0.2, 0) is 7.05 Å². The second-order valence-electron chi connectivity index (χ2n) is 4.43. The van der Waals surface area contributed by atoms with Gasteiger partial charge in [0.2, 0.25) is 0 Å². The highest BCUT2D eigenvalue weighted by atomic mass is 32.1. The average Bonchev–Trinajstić information content (AvgIpc) is 3.04. The van der Waals surface area contributed by atoms with E-state index in [4.69, 9.17) is 0 Å². The highest BCUT2D eigenvalue weighted by Crippen LogP contribution is 2.32. The van der Waals surface area contributed by atoms with Gasteiger partial charge in [-0.2, -0.15) is 5.10 Å². The highest BCUT2D eigenvalue weighted by molar-refractivity contribution is 7.17. The van der Waals surface area contributed by atoms with Gasteiger partial charge in [0.05, 0.1) is 21.3 Å². The van der Waals surface area contributed by atoms with Crippen molar-refractivity contribution in [1.29, 1.82) is 0 Å². The predicted octanol–water partition coefficient (Wildman–Crippen LogP) is 2.45. The zero-order chi connectivity index (χ0) is 14.1. The third kappa shape index (κ3) is 2.08. The molecule has 0 aliphatic heterocycles. The van der Waals surface area contributed by atoms with Gasteiger partial charge in [0.15, 0.2) is 0 Å². The largest absolute Gasteiger partial charge is 0.352 e. The molecule has 0 atom stereocenters. The van der Waals surface area contributed by atoms with Gasteiger partial charge in [-0.15, -0.1) is 11.3 Å². The summed E-state index contributed by atoms with van der Waals surface area (Å²) in [7, 11) is 1.82. The molecular formula is C14H14N4OS. The van der Waals surface area contributed by atoms with Crippen molar-refractivity contribution in [1.82, 2.24) is 20.1 Å². The predicted molar refractivity (Wildman–Crippen MR) is 79.8 cm³/mol. The van der Waals surface area contributed by atoms with Gasteiger partial charge in [-0.3, -0.25) is 9.48 Å². The van der Waals surface area contributed by atoms with Crippen LogP contribution in [-0.4, -0.2) is 27.2 Å². The van der Waals surface area contributed by atoms with Gasteiger partial charge in [0, 0.05) is 25.4 Å². The van der Waals surface area contributed by atoms with Crippen LogP contribution in [0.15, 0.2) is 29.9 Å². The quantitative estimate of drug-likeness (QED) is 0.804. The van der Waals surface area contributed by atoms with E-state index in [1.54, 1.807) is 22.2 Å². The van der Waals surface area contributed by atoms with Crippen molar-refractivity contribution in [3.05, 3.63) is 35.5 Å². The first-order chi connectivity index (χ1) is 9.70. The van der Waals surface area contributed by atoms with Gasteiger partial charge in [-0.1, -0.05) is 12.1 Å². The van der Waals surface area contributed by atoms with Crippen molar-refractivity contribution in [2.45, 2.75) is 6.92 Å². The molecule has 0 fully saturated rings. The summed E-state index contributed by atoms with van der Waals surface area (Å²) in [6.45, 7) is 2.50. The van der Waals surface area contributed by atoms with Gasteiger partial charge >= 0.3 is 0 Å². The summed E-state index contributed by atoms with van der Waals surface area (Å²) in [5.41, 5.74) is 4.98. The lowest BCUT2D eigenvalue weighted by atomic mass is 10.1. The zero-order valence-corrected chi connectivity index (χ0v) is 12.1. The SMILES string of the molecule is CCNC(=O)c1cn(C)nc1-c1cccc2ncsc12. The number of hydrogen-bond acceptors (Lipinski definition) is 4. The number of thiazole rings is 1. The van der Waals surface area contributed by atoms with E-state index in [0.717, 1.165) is 15.8 Å². The first kappa shape index (κ1) is 12.8. The minimum absolute atomic E-state index is 0.0999.